The smallest absolute Gasteiger partial charge is 0.338 e. The van der Waals surface area contributed by atoms with E-state index >= 15 is 0 Å². The van der Waals surface area contributed by atoms with Crippen LogP contribution in [-0.2, 0) is 19.1 Å². The summed E-state index contributed by atoms with van der Waals surface area (Å²) in [6.07, 6.45) is 2.14. The van der Waals surface area contributed by atoms with Gasteiger partial charge in [0, 0.05) is 6.92 Å². The van der Waals surface area contributed by atoms with Crippen molar-refractivity contribution in [1.82, 2.24) is 4.90 Å². The van der Waals surface area contributed by atoms with Gasteiger partial charge in [0.1, 0.15) is 12.4 Å². The van der Waals surface area contributed by atoms with Gasteiger partial charge < -0.3 is 9.47 Å². The summed E-state index contributed by atoms with van der Waals surface area (Å²) in [5.41, 5.74) is 1.52. The fourth-order valence-electron chi connectivity index (χ4n) is 3.26. The predicted molar refractivity (Wildman–Crippen MR) is 110 cm³/mol. The van der Waals surface area contributed by atoms with E-state index in [0.29, 0.717) is 34.2 Å². The molecule has 29 heavy (non-hydrogen) atoms. The molecule has 2 atom stereocenters. The van der Waals surface area contributed by atoms with Crippen molar-refractivity contribution >= 4 is 34.8 Å². The van der Waals surface area contributed by atoms with Crippen LogP contribution < -0.4 is 4.74 Å². The van der Waals surface area contributed by atoms with Crippen LogP contribution >= 0.6 is 11.8 Å². The number of amidine groups is 1. The summed E-state index contributed by atoms with van der Waals surface area (Å²) >= 11 is 1.40. The molecule has 0 aliphatic carbocycles. The maximum atomic E-state index is 13.0. The topological polar surface area (TPSA) is 85.3 Å². The Kier molecular flexibility index (Phi) is 6.22. The first-order valence-electron chi connectivity index (χ1n) is 9.23. The number of fused-ring (bicyclic) bond motifs is 1. The van der Waals surface area contributed by atoms with Gasteiger partial charge in [-0.25, -0.2) is 9.79 Å². The van der Waals surface area contributed by atoms with Crippen LogP contribution in [0.5, 0.6) is 5.75 Å². The van der Waals surface area contributed by atoms with E-state index in [4.69, 9.17) is 9.47 Å². The molecule has 2 aliphatic rings. The molecule has 7 nitrogen and oxygen atoms in total. The van der Waals surface area contributed by atoms with Crippen molar-refractivity contribution in [2.24, 2.45) is 4.99 Å². The Labute approximate surface area is 173 Å². The molecular formula is C21H22N2O5S. The molecule has 0 bridgehead atoms. The van der Waals surface area contributed by atoms with Crippen LogP contribution in [0.25, 0.3) is 0 Å². The van der Waals surface area contributed by atoms with E-state index in [2.05, 4.69) is 11.6 Å². The minimum atomic E-state index is -0.664. The second-order valence-electron chi connectivity index (χ2n) is 6.57. The van der Waals surface area contributed by atoms with Crippen LogP contribution in [-0.4, -0.2) is 39.8 Å². The number of hydrogen-bond donors (Lipinski definition) is 0. The number of carbonyl (C=O) groups excluding carboxylic acids is 3. The van der Waals surface area contributed by atoms with E-state index in [1.165, 1.54) is 24.8 Å². The number of hydrogen-bond acceptors (Lipinski definition) is 7. The predicted octanol–water partition coefficient (Wildman–Crippen LogP) is 3.38. The van der Waals surface area contributed by atoms with Crippen molar-refractivity contribution in [3.63, 3.8) is 0 Å². The number of allylic oxidation sites excluding steroid dienone is 1. The number of carbonyl (C=O) groups is 3. The van der Waals surface area contributed by atoms with Crippen LogP contribution in [0.1, 0.15) is 38.8 Å². The first-order valence-corrected chi connectivity index (χ1v) is 10.1. The normalized spacial score (nSPS) is 20.9. The lowest BCUT2D eigenvalue weighted by molar-refractivity contribution is -0.139. The molecule has 1 aromatic carbocycles. The average molecular weight is 414 g/mol. The van der Waals surface area contributed by atoms with Gasteiger partial charge in [0.15, 0.2) is 5.17 Å². The summed E-state index contributed by atoms with van der Waals surface area (Å²) in [4.78, 5) is 43.1. The monoisotopic (exact) mass is 414 g/mol. The average Bonchev–Trinajstić information content (AvgIpc) is 3.00. The fourth-order valence-corrected chi connectivity index (χ4v) is 4.40. The van der Waals surface area contributed by atoms with Gasteiger partial charge in [-0.15, -0.1) is 0 Å². The molecule has 0 spiro atoms. The molecule has 152 valence electrons. The summed E-state index contributed by atoms with van der Waals surface area (Å²) < 4.78 is 10.4. The van der Waals surface area contributed by atoms with E-state index in [9.17, 15) is 14.4 Å². The zero-order chi connectivity index (χ0) is 21.1. The SMILES string of the molecule is C=CCOC(=O)C1=C(C)N=C2S[C@@H](CC)C(=O)N2[C@H]1c1ccc(OC(C)=O)cc1. The lowest BCUT2D eigenvalue weighted by Crippen LogP contribution is -2.40. The van der Waals surface area contributed by atoms with Crippen LogP contribution in [0.3, 0.4) is 0 Å². The Morgan fingerprint density at radius 2 is 2.00 bits per heavy atom. The summed E-state index contributed by atoms with van der Waals surface area (Å²) in [5, 5.41) is 0.335. The first kappa shape index (κ1) is 20.9. The van der Waals surface area contributed by atoms with Crippen molar-refractivity contribution in [1.29, 1.82) is 0 Å². The summed E-state index contributed by atoms with van der Waals surface area (Å²) in [6.45, 7) is 8.62. The van der Waals surface area contributed by atoms with Gasteiger partial charge in [-0.05, 0) is 31.0 Å². The third-order valence-corrected chi connectivity index (χ3v) is 5.85. The minimum Gasteiger partial charge on any atom is -0.458 e. The molecule has 2 aliphatic heterocycles. The highest BCUT2D eigenvalue weighted by molar-refractivity contribution is 8.15. The van der Waals surface area contributed by atoms with E-state index < -0.39 is 18.0 Å². The van der Waals surface area contributed by atoms with E-state index in [-0.39, 0.29) is 17.8 Å². The van der Waals surface area contributed by atoms with Gasteiger partial charge in [0.05, 0.1) is 22.6 Å². The molecule has 1 amide bonds. The molecule has 1 fully saturated rings. The fraction of sp³-hybridized carbons (Fsp3) is 0.333. The molecule has 0 N–H and O–H groups in total. The number of aliphatic imine (C=N–C) groups is 1. The molecule has 2 heterocycles. The Morgan fingerprint density at radius 3 is 2.59 bits per heavy atom. The van der Waals surface area contributed by atoms with Crippen molar-refractivity contribution in [3.05, 3.63) is 53.8 Å². The van der Waals surface area contributed by atoms with E-state index in [1.807, 2.05) is 6.92 Å². The number of esters is 2. The highest BCUT2D eigenvalue weighted by atomic mass is 32.2. The van der Waals surface area contributed by atoms with Crippen molar-refractivity contribution in [2.75, 3.05) is 6.61 Å². The number of ether oxygens (including phenoxy) is 2. The third-order valence-electron chi connectivity index (χ3n) is 4.53. The maximum absolute atomic E-state index is 13.0. The maximum Gasteiger partial charge on any atom is 0.338 e. The second kappa shape index (κ2) is 8.65. The van der Waals surface area contributed by atoms with E-state index in [0.717, 1.165) is 0 Å². The van der Waals surface area contributed by atoms with Crippen LogP contribution in [0, 0.1) is 0 Å². The zero-order valence-corrected chi connectivity index (χ0v) is 17.3. The number of thioether (sulfide) groups is 1. The molecule has 0 saturated carbocycles. The molecule has 1 aromatic rings. The molecular weight excluding hydrogens is 392 g/mol. The largest absolute Gasteiger partial charge is 0.458 e. The number of rotatable bonds is 6. The van der Waals surface area contributed by atoms with Gasteiger partial charge in [-0.2, -0.15) is 0 Å². The lowest BCUT2D eigenvalue weighted by Gasteiger charge is -2.33. The quantitative estimate of drug-likeness (QED) is 0.403. The minimum absolute atomic E-state index is 0.0601. The Hall–Kier alpha value is -2.87. The first-order chi connectivity index (χ1) is 13.9. The lowest BCUT2D eigenvalue weighted by atomic mass is 9.94. The van der Waals surface area contributed by atoms with Crippen molar-refractivity contribution in [2.45, 2.75) is 38.5 Å². The molecule has 0 radical (unpaired) electrons. The number of amides is 1. The Bertz CT molecular complexity index is 920. The summed E-state index contributed by atoms with van der Waals surface area (Å²) in [6, 6.07) is 6.07. The zero-order valence-electron chi connectivity index (χ0n) is 16.5. The molecule has 3 rings (SSSR count). The highest BCUT2D eigenvalue weighted by Crippen LogP contribution is 2.44. The Morgan fingerprint density at radius 1 is 1.31 bits per heavy atom. The van der Waals surface area contributed by atoms with Crippen LogP contribution in [0.2, 0.25) is 0 Å². The second-order valence-corrected chi connectivity index (χ2v) is 7.74. The van der Waals surface area contributed by atoms with Crippen LogP contribution in [0.15, 0.2) is 53.2 Å². The summed E-state index contributed by atoms with van der Waals surface area (Å²) in [7, 11) is 0. The summed E-state index contributed by atoms with van der Waals surface area (Å²) in [5.74, 6) is -0.675. The third kappa shape index (κ3) is 4.12. The van der Waals surface area contributed by atoms with E-state index in [1.54, 1.807) is 36.1 Å². The van der Waals surface area contributed by atoms with Crippen molar-refractivity contribution in [3.8, 4) is 5.75 Å². The van der Waals surface area contributed by atoms with Crippen molar-refractivity contribution < 1.29 is 23.9 Å². The molecule has 1 saturated heterocycles. The molecule has 0 unspecified atom stereocenters. The van der Waals surface area contributed by atoms with Crippen LogP contribution in [0.4, 0.5) is 0 Å². The number of benzene rings is 1. The molecule has 0 aromatic heterocycles. The Balaban J connectivity index is 2.05. The standard InChI is InChI=1S/C21H22N2O5S/c1-5-11-27-20(26)17-12(3)22-21-23(19(25)16(6-2)29-21)18(17)14-7-9-15(10-8-14)28-13(4)24/h5,7-10,16,18H,1,6,11H2,2-4H3/t16-,18-/m0/s1. The van der Waals surface area contributed by atoms with Gasteiger partial charge in [0.25, 0.3) is 0 Å². The van der Waals surface area contributed by atoms with Gasteiger partial charge in [-0.1, -0.05) is 43.5 Å². The van der Waals surface area contributed by atoms with Gasteiger partial charge in [-0.3, -0.25) is 14.5 Å². The van der Waals surface area contributed by atoms with Gasteiger partial charge >= 0.3 is 11.9 Å². The molecule has 8 heteroatoms. The highest BCUT2D eigenvalue weighted by Gasteiger charge is 2.47. The number of nitrogens with zero attached hydrogens (tertiary/aromatic N) is 2. The van der Waals surface area contributed by atoms with Gasteiger partial charge in [0.2, 0.25) is 5.91 Å².